The molecule has 0 heterocycles. The summed E-state index contributed by atoms with van der Waals surface area (Å²) in [4.78, 5) is 0. The van der Waals surface area contributed by atoms with E-state index in [1.807, 2.05) is 41.5 Å². The van der Waals surface area contributed by atoms with Crippen LogP contribution in [0.25, 0.3) is 0 Å². The maximum Gasteiger partial charge on any atom is 0.153 e. The van der Waals surface area contributed by atoms with Crippen LogP contribution in [0.2, 0.25) is 0 Å². The SMILES string of the molecule is [2H]C([2H])([2H])[N+](=CC(C)(C)C)C(C)(C)C. The third kappa shape index (κ3) is 5.00. The molecule has 0 aromatic carbocycles. The number of hydrogen-bond donors (Lipinski definition) is 0. The van der Waals surface area contributed by atoms with Crippen LogP contribution in [0.5, 0.6) is 0 Å². The molecule has 0 bridgehead atoms. The van der Waals surface area contributed by atoms with E-state index < -0.39 is 6.98 Å². The first-order chi connectivity index (χ1) is 5.84. The number of nitrogens with zero attached hydrogens (tertiary/aromatic N) is 1. The third-order valence-electron chi connectivity index (χ3n) is 1.24. The summed E-state index contributed by atoms with van der Waals surface area (Å²) in [5, 5.41) is 0. The molecule has 0 rings (SSSR count). The molecule has 0 saturated carbocycles. The Morgan fingerprint density at radius 3 is 1.64 bits per heavy atom. The van der Waals surface area contributed by atoms with Crippen LogP contribution in [0.1, 0.15) is 45.7 Å². The average Bonchev–Trinajstić information content (AvgIpc) is 1.75. The fraction of sp³-hybridized carbons (Fsp3) is 0.900. The van der Waals surface area contributed by atoms with Crippen molar-refractivity contribution in [2.24, 2.45) is 5.41 Å². The van der Waals surface area contributed by atoms with Gasteiger partial charge in [0, 0.05) is 5.41 Å². The van der Waals surface area contributed by atoms with Crippen molar-refractivity contribution >= 4 is 6.21 Å². The summed E-state index contributed by atoms with van der Waals surface area (Å²) in [6.45, 7) is 9.64. The first kappa shape index (κ1) is 6.22. The maximum atomic E-state index is 7.45. The van der Waals surface area contributed by atoms with E-state index in [-0.39, 0.29) is 11.0 Å². The van der Waals surface area contributed by atoms with Crippen molar-refractivity contribution in [2.45, 2.75) is 47.1 Å². The highest BCUT2D eigenvalue weighted by Gasteiger charge is 2.22. The summed E-state index contributed by atoms with van der Waals surface area (Å²) in [6.07, 6.45) is 1.79. The fourth-order valence-corrected chi connectivity index (χ4v) is 0.581. The van der Waals surface area contributed by atoms with Crippen molar-refractivity contribution < 1.29 is 8.69 Å². The predicted molar refractivity (Wildman–Crippen MR) is 51.5 cm³/mol. The van der Waals surface area contributed by atoms with Gasteiger partial charge in [-0.1, -0.05) is 20.8 Å². The van der Waals surface area contributed by atoms with Gasteiger partial charge in [-0.3, -0.25) is 0 Å². The Hall–Kier alpha value is -0.330. The first-order valence-corrected chi connectivity index (χ1v) is 3.99. The van der Waals surface area contributed by atoms with Crippen LogP contribution in [0.4, 0.5) is 0 Å². The van der Waals surface area contributed by atoms with Gasteiger partial charge in [0.15, 0.2) is 5.54 Å². The van der Waals surface area contributed by atoms with Gasteiger partial charge in [0.2, 0.25) is 0 Å². The molecule has 0 aliphatic rings. The molecule has 0 atom stereocenters. The Morgan fingerprint density at radius 1 is 1.09 bits per heavy atom. The molecule has 66 valence electrons. The molecule has 0 unspecified atom stereocenters. The van der Waals surface area contributed by atoms with Crippen LogP contribution < -0.4 is 0 Å². The summed E-state index contributed by atoms with van der Waals surface area (Å²) in [7, 11) is 0. The molecule has 1 nitrogen and oxygen atoms in total. The van der Waals surface area contributed by atoms with E-state index in [0.717, 1.165) is 0 Å². The minimum atomic E-state index is -2.06. The van der Waals surface area contributed by atoms with E-state index in [0.29, 0.717) is 0 Å². The van der Waals surface area contributed by atoms with Gasteiger partial charge in [-0.15, -0.1) is 0 Å². The number of hydrogen-bond acceptors (Lipinski definition) is 0. The van der Waals surface area contributed by atoms with Gasteiger partial charge < -0.3 is 0 Å². The molecule has 0 amide bonds. The standard InChI is InChI=1S/C10H22N/c1-9(2,3)8-11(7)10(4,5)6/h8H,1-7H3/q+1/i7D3. The Morgan fingerprint density at radius 2 is 1.55 bits per heavy atom. The molecule has 0 N–H and O–H groups in total. The zero-order valence-corrected chi connectivity index (χ0v) is 8.52. The molecule has 0 saturated heterocycles. The summed E-state index contributed by atoms with van der Waals surface area (Å²) >= 11 is 0. The maximum absolute atomic E-state index is 7.45. The second-order valence-corrected chi connectivity index (χ2v) is 5.04. The highest BCUT2D eigenvalue weighted by atomic mass is 15.0. The lowest BCUT2D eigenvalue weighted by molar-refractivity contribution is -0.569. The minimum Gasteiger partial charge on any atom is -0.237 e. The van der Waals surface area contributed by atoms with E-state index in [1.54, 1.807) is 6.21 Å². The van der Waals surface area contributed by atoms with Gasteiger partial charge in [0.25, 0.3) is 0 Å². The van der Waals surface area contributed by atoms with Crippen LogP contribution in [0.15, 0.2) is 0 Å². The predicted octanol–water partition coefficient (Wildman–Crippen LogP) is 2.54. The molecule has 0 fully saturated rings. The van der Waals surface area contributed by atoms with Crippen molar-refractivity contribution in [3.05, 3.63) is 0 Å². The van der Waals surface area contributed by atoms with Gasteiger partial charge in [0.05, 0.1) is 4.11 Å². The lowest BCUT2D eigenvalue weighted by Gasteiger charge is -2.18. The van der Waals surface area contributed by atoms with Crippen molar-refractivity contribution in [1.82, 2.24) is 0 Å². The summed E-state index contributed by atoms with van der Waals surface area (Å²) < 4.78 is 23.8. The summed E-state index contributed by atoms with van der Waals surface area (Å²) in [6, 6.07) is 0. The van der Waals surface area contributed by atoms with E-state index >= 15 is 0 Å². The zero-order valence-electron chi connectivity index (χ0n) is 11.5. The monoisotopic (exact) mass is 159 g/mol. The van der Waals surface area contributed by atoms with E-state index in [2.05, 4.69) is 0 Å². The van der Waals surface area contributed by atoms with Gasteiger partial charge in [0.1, 0.15) is 13.2 Å². The van der Waals surface area contributed by atoms with Gasteiger partial charge in [-0.2, -0.15) is 0 Å². The van der Waals surface area contributed by atoms with Crippen LogP contribution >= 0.6 is 0 Å². The molecular weight excluding hydrogens is 134 g/mol. The smallest absolute Gasteiger partial charge is 0.153 e. The molecule has 0 aromatic rings. The average molecular weight is 159 g/mol. The number of rotatable bonds is 0. The first-order valence-electron chi connectivity index (χ1n) is 5.49. The normalized spacial score (nSPS) is 20.5. The van der Waals surface area contributed by atoms with Gasteiger partial charge in [-0.25, -0.2) is 4.58 Å². The van der Waals surface area contributed by atoms with E-state index in [9.17, 15) is 0 Å². The quantitative estimate of drug-likeness (QED) is 0.377. The Bertz CT molecular complexity index is 209. The van der Waals surface area contributed by atoms with Crippen LogP contribution in [0, 0.1) is 5.41 Å². The largest absolute Gasteiger partial charge is 0.237 e. The molecule has 1 heteroatoms. The Balaban J connectivity index is 5.26. The Labute approximate surface area is 75.3 Å². The molecule has 11 heavy (non-hydrogen) atoms. The summed E-state index contributed by atoms with van der Waals surface area (Å²) in [5.41, 5.74) is -0.500. The highest BCUT2D eigenvalue weighted by Crippen LogP contribution is 2.12. The van der Waals surface area contributed by atoms with Crippen molar-refractivity contribution in [3.63, 3.8) is 0 Å². The summed E-state index contributed by atoms with van der Waals surface area (Å²) in [5.74, 6) is 0. The Kier molecular flexibility index (Phi) is 1.67. The molecular formula is C10H22N+. The fourth-order valence-electron chi connectivity index (χ4n) is 0.581. The lowest BCUT2D eigenvalue weighted by atomic mass is 9.97. The minimum absolute atomic E-state index is 0.123. The highest BCUT2D eigenvalue weighted by molar-refractivity contribution is 5.58. The van der Waals surface area contributed by atoms with Gasteiger partial charge in [-0.05, 0) is 20.8 Å². The van der Waals surface area contributed by atoms with Crippen LogP contribution in [-0.2, 0) is 0 Å². The van der Waals surface area contributed by atoms with Crippen molar-refractivity contribution in [3.8, 4) is 0 Å². The van der Waals surface area contributed by atoms with E-state index in [1.165, 1.54) is 4.58 Å². The second-order valence-electron chi connectivity index (χ2n) is 5.04. The van der Waals surface area contributed by atoms with Crippen molar-refractivity contribution in [1.29, 1.82) is 0 Å². The van der Waals surface area contributed by atoms with Crippen LogP contribution in [0.3, 0.4) is 0 Å². The topological polar surface area (TPSA) is 3.01 Å². The molecule has 0 aliphatic carbocycles. The molecule has 0 radical (unpaired) electrons. The lowest BCUT2D eigenvalue weighted by Crippen LogP contribution is -2.33. The van der Waals surface area contributed by atoms with Crippen LogP contribution in [-0.4, -0.2) is 23.3 Å². The second kappa shape index (κ2) is 2.96. The van der Waals surface area contributed by atoms with Gasteiger partial charge >= 0.3 is 0 Å². The zero-order chi connectivity index (χ0) is 11.8. The van der Waals surface area contributed by atoms with Crippen molar-refractivity contribution in [2.75, 3.05) is 6.98 Å². The van der Waals surface area contributed by atoms with E-state index in [4.69, 9.17) is 4.11 Å². The third-order valence-corrected chi connectivity index (χ3v) is 1.24. The molecule has 0 aromatic heterocycles. The molecule has 0 aliphatic heterocycles. The molecule has 0 spiro atoms.